The van der Waals surface area contributed by atoms with E-state index in [0.717, 1.165) is 16.0 Å². The van der Waals surface area contributed by atoms with E-state index in [1.807, 2.05) is 25.3 Å². The van der Waals surface area contributed by atoms with Crippen LogP contribution in [0.15, 0.2) is 11.4 Å². The number of thiophene rings is 1. The first-order chi connectivity index (χ1) is 8.70. The molecule has 4 N–H and O–H groups in total. The van der Waals surface area contributed by atoms with E-state index in [-0.39, 0.29) is 6.10 Å². The third-order valence-electron chi connectivity index (χ3n) is 2.30. The second-order valence-electron chi connectivity index (χ2n) is 4.03. The van der Waals surface area contributed by atoms with Gasteiger partial charge in [0.2, 0.25) is 5.95 Å². The van der Waals surface area contributed by atoms with Crippen LogP contribution in [0.4, 0.5) is 11.8 Å². The van der Waals surface area contributed by atoms with Crippen molar-refractivity contribution in [3.63, 3.8) is 0 Å². The first-order valence-corrected chi connectivity index (χ1v) is 6.66. The average molecular weight is 267 g/mol. The molecule has 2 rings (SSSR count). The molecule has 6 nitrogen and oxygen atoms in total. The molecule has 0 atom stereocenters. The summed E-state index contributed by atoms with van der Waals surface area (Å²) < 4.78 is 5.47. The molecule has 0 saturated heterocycles. The smallest absolute Gasteiger partial charge is 0.240 e. The number of hydrogen-bond acceptors (Lipinski definition) is 7. The van der Waals surface area contributed by atoms with Gasteiger partial charge in [-0.1, -0.05) is 0 Å². The second-order valence-corrected chi connectivity index (χ2v) is 4.92. The molecule has 0 amide bonds. The summed E-state index contributed by atoms with van der Waals surface area (Å²) in [5, 5.41) is 6.22. The predicted molar refractivity (Wildman–Crippen MR) is 74.8 cm³/mol. The fourth-order valence-electron chi connectivity index (χ4n) is 1.52. The summed E-state index contributed by atoms with van der Waals surface area (Å²) in [6.45, 7) is 5.36. The van der Waals surface area contributed by atoms with Crippen molar-refractivity contribution in [2.75, 3.05) is 23.9 Å². The van der Waals surface area contributed by atoms with Crippen molar-refractivity contribution in [2.45, 2.75) is 20.0 Å². The summed E-state index contributed by atoms with van der Waals surface area (Å²) in [5.74, 6) is 6.54. The summed E-state index contributed by atoms with van der Waals surface area (Å²) in [6.07, 6.45) is 0.236. The van der Waals surface area contributed by atoms with Gasteiger partial charge in [0.25, 0.3) is 0 Å². The van der Waals surface area contributed by atoms with Gasteiger partial charge in [0.1, 0.15) is 10.6 Å². The Balaban J connectivity index is 2.08. The Morgan fingerprint density at radius 2 is 2.28 bits per heavy atom. The topological polar surface area (TPSA) is 85.1 Å². The van der Waals surface area contributed by atoms with Crippen molar-refractivity contribution >= 4 is 33.3 Å². The van der Waals surface area contributed by atoms with Crippen LogP contribution in [-0.2, 0) is 4.74 Å². The van der Waals surface area contributed by atoms with Gasteiger partial charge in [-0.2, -0.15) is 4.98 Å². The highest BCUT2D eigenvalue weighted by Gasteiger charge is 2.07. The molecule has 0 aromatic carbocycles. The number of anilines is 2. The van der Waals surface area contributed by atoms with Gasteiger partial charge in [0.05, 0.1) is 18.1 Å². The highest BCUT2D eigenvalue weighted by Crippen LogP contribution is 2.25. The lowest BCUT2D eigenvalue weighted by Gasteiger charge is -2.10. The maximum Gasteiger partial charge on any atom is 0.240 e. The van der Waals surface area contributed by atoms with Gasteiger partial charge < -0.3 is 10.1 Å². The largest absolute Gasteiger partial charge is 0.377 e. The number of aromatic nitrogens is 2. The minimum atomic E-state index is 0.236. The third kappa shape index (κ3) is 3.06. The normalized spacial score (nSPS) is 11.1. The van der Waals surface area contributed by atoms with Crippen molar-refractivity contribution < 1.29 is 4.74 Å². The number of nitrogens with one attached hydrogen (secondary N) is 2. The van der Waals surface area contributed by atoms with Gasteiger partial charge in [0.15, 0.2) is 0 Å². The molecule has 0 unspecified atom stereocenters. The van der Waals surface area contributed by atoms with Crippen LogP contribution in [0.2, 0.25) is 0 Å². The third-order valence-corrected chi connectivity index (χ3v) is 3.11. The molecular weight excluding hydrogens is 250 g/mol. The van der Waals surface area contributed by atoms with E-state index in [1.165, 1.54) is 0 Å². The van der Waals surface area contributed by atoms with Crippen LogP contribution < -0.4 is 16.6 Å². The minimum absolute atomic E-state index is 0.236. The number of nitrogen functional groups attached to an aromatic ring is 1. The van der Waals surface area contributed by atoms with Gasteiger partial charge in [-0.05, 0) is 25.3 Å². The molecule has 98 valence electrons. The van der Waals surface area contributed by atoms with Crippen molar-refractivity contribution in [1.29, 1.82) is 0 Å². The molecule has 2 heterocycles. The highest BCUT2D eigenvalue weighted by molar-refractivity contribution is 7.16. The zero-order valence-corrected chi connectivity index (χ0v) is 11.3. The van der Waals surface area contributed by atoms with Crippen LogP contribution in [0.3, 0.4) is 0 Å². The second kappa shape index (κ2) is 5.94. The maximum absolute atomic E-state index is 5.47. The average Bonchev–Trinajstić information content (AvgIpc) is 2.82. The van der Waals surface area contributed by atoms with Gasteiger partial charge in [-0.25, -0.2) is 10.8 Å². The van der Waals surface area contributed by atoms with Crippen molar-refractivity contribution in [2.24, 2.45) is 5.84 Å². The Labute approximate surface area is 110 Å². The van der Waals surface area contributed by atoms with E-state index in [4.69, 9.17) is 10.6 Å². The van der Waals surface area contributed by atoms with E-state index in [1.54, 1.807) is 11.3 Å². The number of rotatable bonds is 6. The molecule has 7 heteroatoms. The standard InChI is InChI=1S/C11H17N5OS/c1-7(2)17-5-4-13-9-8-3-6-18-10(8)15-11(14-9)16-12/h3,6-7H,4-5,12H2,1-2H3,(H2,13,14,15,16). The summed E-state index contributed by atoms with van der Waals surface area (Å²) >= 11 is 1.56. The van der Waals surface area contributed by atoms with Crippen LogP contribution >= 0.6 is 11.3 Å². The first-order valence-electron chi connectivity index (χ1n) is 5.78. The minimum Gasteiger partial charge on any atom is -0.377 e. The van der Waals surface area contributed by atoms with Crippen molar-refractivity contribution in [3.8, 4) is 0 Å². The van der Waals surface area contributed by atoms with Gasteiger partial charge in [0, 0.05) is 6.54 Å². The first kappa shape index (κ1) is 13.0. The molecule has 0 fully saturated rings. The summed E-state index contributed by atoms with van der Waals surface area (Å²) in [4.78, 5) is 9.48. The number of nitrogens with two attached hydrogens (primary N) is 1. The number of hydrazine groups is 1. The molecule has 0 aliphatic rings. The van der Waals surface area contributed by atoms with E-state index in [9.17, 15) is 0 Å². The van der Waals surface area contributed by atoms with E-state index >= 15 is 0 Å². The lowest BCUT2D eigenvalue weighted by atomic mass is 10.4. The predicted octanol–water partition coefficient (Wildman–Crippen LogP) is 1.81. The number of fused-ring (bicyclic) bond motifs is 1. The summed E-state index contributed by atoms with van der Waals surface area (Å²) in [5.41, 5.74) is 2.47. The number of ether oxygens (including phenoxy) is 1. The molecule has 0 aliphatic carbocycles. The SMILES string of the molecule is CC(C)OCCNc1nc(NN)nc2sccc12. The van der Waals surface area contributed by atoms with Crippen LogP contribution in [0.25, 0.3) is 10.2 Å². The molecule has 18 heavy (non-hydrogen) atoms. The fraction of sp³-hybridized carbons (Fsp3) is 0.455. The quantitative estimate of drug-likeness (QED) is 0.420. The maximum atomic E-state index is 5.47. The Hall–Kier alpha value is -1.44. The number of hydrogen-bond donors (Lipinski definition) is 3. The molecule has 0 bridgehead atoms. The zero-order valence-electron chi connectivity index (χ0n) is 10.4. The Morgan fingerprint density at radius 1 is 1.44 bits per heavy atom. The Morgan fingerprint density at radius 3 is 3.00 bits per heavy atom. The van der Waals surface area contributed by atoms with Crippen LogP contribution in [0, 0.1) is 0 Å². The highest BCUT2D eigenvalue weighted by atomic mass is 32.1. The molecule has 2 aromatic rings. The van der Waals surface area contributed by atoms with Crippen LogP contribution in [0.1, 0.15) is 13.8 Å². The molecule has 0 radical (unpaired) electrons. The van der Waals surface area contributed by atoms with Gasteiger partial charge in [-0.3, -0.25) is 5.43 Å². The molecule has 0 aliphatic heterocycles. The lowest BCUT2D eigenvalue weighted by Crippen LogP contribution is -2.15. The lowest BCUT2D eigenvalue weighted by molar-refractivity contribution is 0.0870. The molecule has 0 spiro atoms. The van der Waals surface area contributed by atoms with E-state index in [2.05, 4.69) is 20.7 Å². The van der Waals surface area contributed by atoms with Crippen molar-refractivity contribution in [1.82, 2.24) is 9.97 Å². The summed E-state index contributed by atoms with van der Waals surface area (Å²) in [7, 11) is 0. The monoisotopic (exact) mass is 267 g/mol. The van der Waals surface area contributed by atoms with E-state index < -0.39 is 0 Å². The Kier molecular flexibility index (Phi) is 4.29. The van der Waals surface area contributed by atoms with Crippen LogP contribution in [-0.4, -0.2) is 29.2 Å². The zero-order chi connectivity index (χ0) is 13.0. The van der Waals surface area contributed by atoms with E-state index in [0.29, 0.717) is 19.1 Å². The van der Waals surface area contributed by atoms with Crippen molar-refractivity contribution in [3.05, 3.63) is 11.4 Å². The molecule has 0 saturated carbocycles. The molecular formula is C11H17N5OS. The van der Waals surface area contributed by atoms with Gasteiger partial charge in [-0.15, -0.1) is 11.3 Å². The Bertz CT molecular complexity index is 513. The summed E-state index contributed by atoms with van der Waals surface area (Å²) in [6, 6.07) is 1.99. The molecule has 2 aromatic heterocycles. The van der Waals surface area contributed by atoms with Crippen LogP contribution in [0.5, 0.6) is 0 Å². The number of nitrogens with zero attached hydrogens (tertiary/aromatic N) is 2. The van der Waals surface area contributed by atoms with Gasteiger partial charge >= 0.3 is 0 Å². The fourth-order valence-corrected chi connectivity index (χ4v) is 2.28.